The standard InChI is InChI=1S/C15H18F3N5O/c1-8-4-9(2)6-11(5-8)24-7-10(3)20-14-22-12(15(16,17)18)21-13(19)23-14/h4-6,10H,7H2,1-3H3,(H3,19,20,21,22,23). The maximum Gasteiger partial charge on any atom is 0.451 e. The summed E-state index contributed by atoms with van der Waals surface area (Å²) in [5, 5.41) is 2.73. The van der Waals surface area contributed by atoms with Crippen molar-refractivity contribution >= 4 is 11.9 Å². The summed E-state index contributed by atoms with van der Waals surface area (Å²) in [6.45, 7) is 5.85. The number of alkyl halides is 3. The Balaban J connectivity index is 2.02. The van der Waals surface area contributed by atoms with Crippen LogP contribution >= 0.6 is 0 Å². The van der Waals surface area contributed by atoms with Gasteiger partial charge < -0.3 is 15.8 Å². The van der Waals surface area contributed by atoms with Gasteiger partial charge in [0, 0.05) is 0 Å². The summed E-state index contributed by atoms with van der Waals surface area (Å²) in [5.41, 5.74) is 7.42. The summed E-state index contributed by atoms with van der Waals surface area (Å²) in [6.07, 6.45) is -4.69. The molecule has 3 N–H and O–H groups in total. The molecule has 0 saturated heterocycles. The largest absolute Gasteiger partial charge is 0.491 e. The van der Waals surface area contributed by atoms with Gasteiger partial charge in [0.2, 0.25) is 17.7 Å². The number of hydrogen-bond donors (Lipinski definition) is 2. The predicted molar refractivity (Wildman–Crippen MR) is 83.7 cm³/mol. The van der Waals surface area contributed by atoms with Crippen LogP contribution in [0, 0.1) is 13.8 Å². The summed E-state index contributed by atoms with van der Waals surface area (Å²) < 4.78 is 43.7. The van der Waals surface area contributed by atoms with Crippen LogP contribution in [-0.4, -0.2) is 27.6 Å². The molecule has 0 aliphatic carbocycles. The second kappa shape index (κ2) is 6.90. The van der Waals surface area contributed by atoms with E-state index >= 15 is 0 Å². The molecule has 0 spiro atoms. The normalized spacial score (nSPS) is 12.8. The number of benzene rings is 1. The van der Waals surface area contributed by atoms with Gasteiger partial charge in [-0.15, -0.1) is 0 Å². The molecule has 1 heterocycles. The van der Waals surface area contributed by atoms with E-state index in [9.17, 15) is 13.2 Å². The van der Waals surface area contributed by atoms with Crippen molar-refractivity contribution < 1.29 is 17.9 Å². The molecule has 0 saturated carbocycles. The van der Waals surface area contributed by atoms with Crippen LogP contribution in [0.2, 0.25) is 0 Å². The average Bonchev–Trinajstić information content (AvgIpc) is 2.42. The molecule has 0 fully saturated rings. The highest BCUT2D eigenvalue weighted by Gasteiger charge is 2.35. The smallest absolute Gasteiger partial charge is 0.451 e. The molecule has 0 radical (unpaired) electrons. The molecule has 2 rings (SSSR count). The van der Waals surface area contributed by atoms with E-state index in [1.54, 1.807) is 6.92 Å². The van der Waals surface area contributed by atoms with E-state index in [2.05, 4.69) is 20.3 Å². The van der Waals surface area contributed by atoms with E-state index in [0.717, 1.165) is 11.1 Å². The maximum atomic E-state index is 12.7. The fourth-order valence-corrected chi connectivity index (χ4v) is 2.08. The lowest BCUT2D eigenvalue weighted by molar-refractivity contribution is -0.144. The Morgan fingerprint density at radius 3 is 2.33 bits per heavy atom. The number of aromatic nitrogens is 3. The first-order valence-corrected chi connectivity index (χ1v) is 7.20. The third kappa shape index (κ3) is 4.97. The molecule has 1 atom stereocenters. The van der Waals surface area contributed by atoms with Gasteiger partial charge in [0.1, 0.15) is 12.4 Å². The number of nitrogens with one attached hydrogen (secondary N) is 1. The van der Waals surface area contributed by atoms with Gasteiger partial charge in [-0.3, -0.25) is 0 Å². The molecular formula is C15H18F3N5O. The predicted octanol–water partition coefficient (Wildman–Crippen LogP) is 2.97. The molecule has 24 heavy (non-hydrogen) atoms. The lowest BCUT2D eigenvalue weighted by atomic mass is 10.1. The highest BCUT2D eigenvalue weighted by atomic mass is 19.4. The Kier molecular flexibility index (Phi) is 5.10. The van der Waals surface area contributed by atoms with Gasteiger partial charge in [-0.05, 0) is 44.0 Å². The van der Waals surface area contributed by atoms with Gasteiger partial charge in [0.05, 0.1) is 6.04 Å². The molecule has 2 aromatic rings. The minimum absolute atomic E-state index is 0.218. The lowest BCUT2D eigenvalue weighted by Gasteiger charge is -2.16. The molecule has 6 nitrogen and oxygen atoms in total. The first-order valence-electron chi connectivity index (χ1n) is 7.20. The van der Waals surface area contributed by atoms with Crippen molar-refractivity contribution in [3.8, 4) is 5.75 Å². The van der Waals surface area contributed by atoms with Crippen molar-refractivity contribution in [3.63, 3.8) is 0 Å². The van der Waals surface area contributed by atoms with Crippen molar-refractivity contribution in [1.29, 1.82) is 0 Å². The number of hydrogen-bond acceptors (Lipinski definition) is 6. The first-order chi connectivity index (χ1) is 11.1. The van der Waals surface area contributed by atoms with Gasteiger partial charge in [-0.2, -0.15) is 28.1 Å². The summed E-state index contributed by atoms with van der Waals surface area (Å²) in [6, 6.07) is 5.43. The fraction of sp³-hybridized carbons (Fsp3) is 0.400. The zero-order chi connectivity index (χ0) is 17.9. The van der Waals surface area contributed by atoms with Crippen LogP contribution in [0.3, 0.4) is 0 Å². The number of anilines is 2. The first kappa shape index (κ1) is 17.8. The van der Waals surface area contributed by atoms with Gasteiger partial charge in [-0.1, -0.05) is 6.07 Å². The molecule has 1 unspecified atom stereocenters. The molecular weight excluding hydrogens is 323 g/mol. The Hall–Kier alpha value is -2.58. The van der Waals surface area contributed by atoms with Crippen molar-refractivity contribution in [2.24, 2.45) is 0 Å². The summed E-state index contributed by atoms with van der Waals surface area (Å²) in [7, 11) is 0. The van der Waals surface area contributed by atoms with Crippen LogP contribution in [0.5, 0.6) is 5.75 Å². The Morgan fingerprint density at radius 2 is 1.75 bits per heavy atom. The molecule has 0 bridgehead atoms. The Bertz CT molecular complexity index is 700. The molecule has 0 aliphatic rings. The minimum atomic E-state index is -4.69. The topological polar surface area (TPSA) is 86.0 Å². The number of nitrogens with two attached hydrogens (primary N) is 1. The minimum Gasteiger partial charge on any atom is -0.491 e. The van der Waals surface area contributed by atoms with Crippen LogP contribution < -0.4 is 15.8 Å². The van der Waals surface area contributed by atoms with E-state index < -0.39 is 17.9 Å². The quantitative estimate of drug-likeness (QED) is 0.869. The third-order valence-corrected chi connectivity index (χ3v) is 2.98. The second-order valence-corrected chi connectivity index (χ2v) is 5.52. The van der Waals surface area contributed by atoms with Gasteiger partial charge >= 0.3 is 6.18 Å². The van der Waals surface area contributed by atoms with Gasteiger partial charge in [0.15, 0.2) is 0 Å². The van der Waals surface area contributed by atoms with Crippen molar-refractivity contribution in [1.82, 2.24) is 15.0 Å². The summed E-state index contributed by atoms with van der Waals surface area (Å²) in [5.74, 6) is -1.39. The summed E-state index contributed by atoms with van der Waals surface area (Å²) >= 11 is 0. The third-order valence-electron chi connectivity index (χ3n) is 2.98. The van der Waals surface area contributed by atoms with Crippen molar-refractivity contribution in [2.75, 3.05) is 17.7 Å². The number of nitrogen functional groups attached to an aromatic ring is 1. The zero-order valence-electron chi connectivity index (χ0n) is 13.5. The second-order valence-electron chi connectivity index (χ2n) is 5.52. The number of rotatable bonds is 5. The van der Waals surface area contributed by atoms with E-state index in [4.69, 9.17) is 10.5 Å². The highest BCUT2D eigenvalue weighted by molar-refractivity contribution is 5.34. The van der Waals surface area contributed by atoms with Crippen LogP contribution in [0.25, 0.3) is 0 Å². The molecule has 1 aromatic heterocycles. The Morgan fingerprint density at radius 1 is 1.12 bits per heavy atom. The molecule has 0 amide bonds. The van der Waals surface area contributed by atoms with E-state index in [-0.39, 0.29) is 18.6 Å². The number of aryl methyl sites for hydroxylation is 2. The average molecular weight is 341 g/mol. The van der Waals surface area contributed by atoms with E-state index in [1.165, 1.54) is 0 Å². The van der Waals surface area contributed by atoms with Crippen LogP contribution in [-0.2, 0) is 6.18 Å². The van der Waals surface area contributed by atoms with Crippen molar-refractivity contribution in [2.45, 2.75) is 33.0 Å². The van der Waals surface area contributed by atoms with Crippen molar-refractivity contribution in [3.05, 3.63) is 35.2 Å². The summed E-state index contributed by atoms with van der Waals surface area (Å²) in [4.78, 5) is 10.1. The van der Waals surface area contributed by atoms with Gasteiger partial charge in [0.25, 0.3) is 0 Å². The highest BCUT2D eigenvalue weighted by Crippen LogP contribution is 2.27. The monoisotopic (exact) mass is 341 g/mol. The molecule has 130 valence electrons. The van der Waals surface area contributed by atoms with Crippen LogP contribution in [0.15, 0.2) is 18.2 Å². The molecule has 9 heteroatoms. The van der Waals surface area contributed by atoms with E-state index in [1.807, 2.05) is 32.0 Å². The zero-order valence-corrected chi connectivity index (χ0v) is 13.5. The number of halogens is 3. The lowest BCUT2D eigenvalue weighted by Crippen LogP contribution is -2.26. The number of ether oxygens (including phenoxy) is 1. The van der Waals surface area contributed by atoms with E-state index in [0.29, 0.717) is 5.75 Å². The SMILES string of the molecule is Cc1cc(C)cc(OCC(C)Nc2nc(N)nc(C(F)(F)F)n2)c1. The fourth-order valence-electron chi connectivity index (χ4n) is 2.08. The molecule has 1 aromatic carbocycles. The number of nitrogens with zero attached hydrogens (tertiary/aromatic N) is 3. The van der Waals surface area contributed by atoms with Crippen LogP contribution in [0.1, 0.15) is 23.9 Å². The van der Waals surface area contributed by atoms with Crippen LogP contribution in [0.4, 0.5) is 25.1 Å². The molecule has 0 aliphatic heterocycles. The Labute approximate surface area is 137 Å². The van der Waals surface area contributed by atoms with Gasteiger partial charge in [-0.25, -0.2) is 0 Å². The maximum absolute atomic E-state index is 12.7.